The van der Waals surface area contributed by atoms with Gasteiger partial charge in [0.2, 0.25) is 0 Å². The standard InChI is InChI=1S/C15H25O3P/c1-13(4-3-11-19)9-10-17-15-7-5-14(6-8-15)12-18-16-2/h5-8,13H,3-4,9-12,19H2,1-2H3. The molecule has 0 aromatic heterocycles. The summed E-state index contributed by atoms with van der Waals surface area (Å²) in [5, 5.41) is 0. The number of ether oxygens (including phenoxy) is 1. The minimum absolute atomic E-state index is 0.461. The molecule has 0 radical (unpaired) electrons. The van der Waals surface area contributed by atoms with E-state index in [0.717, 1.165) is 30.3 Å². The monoisotopic (exact) mass is 284 g/mol. The van der Waals surface area contributed by atoms with E-state index < -0.39 is 0 Å². The predicted octanol–water partition coefficient (Wildman–Crippen LogP) is 3.82. The van der Waals surface area contributed by atoms with Crippen LogP contribution in [0, 0.1) is 5.92 Å². The molecule has 1 rings (SSSR count). The molecule has 0 N–H and O–H groups in total. The van der Waals surface area contributed by atoms with E-state index in [1.165, 1.54) is 26.1 Å². The third-order valence-electron chi connectivity index (χ3n) is 3.05. The second-order valence-electron chi connectivity index (χ2n) is 4.75. The van der Waals surface area contributed by atoms with E-state index in [1.807, 2.05) is 24.3 Å². The summed E-state index contributed by atoms with van der Waals surface area (Å²) in [5.74, 6) is 1.65. The summed E-state index contributed by atoms with van der Waals surface area (Å²) < 4.78 is 5.74. The maximum absolute atomic E-state index is 5.74. The molecule has 0 spiro atoms. The van der Waals surface area contributed by atoms with Crippen LogP contribution in [0.2, 0.25) is 0 Å². The smallest absolute Gasteiger partial charge is 0.119 e. The Labute approximate surface area is 118 Å². The van der Waals surface area contributed by atoms with Gasteiger partial charge in [0, 0.05) is 0 Å². The van der Waals surface area contributed by atoms with Crippen LogP contribution in [0.25, 0.3) is 0 Å². The molecule has 108 valence electrons. The van der Waals surface area contributed by atoms with E-state index in [1.54, 1.807) is 0 Å². The summed E-state index contributed by atoms with van der Waals surface area (Å²) >= 11 is 0. The Morgan fingerprint density at radius 3 is 2.53 bits per heavy atom. The van der Waals surface area contributed by atoms with Crippen molar-refractivity contribution in [2.45, 2.75) is 32.8 Å². The van der Waals surface area contributed by atoms with Crippen LogP contribution < -0.4 is 4.74 Å². The fourth-order valence-corrected chi connectivity index (χ4v) is 2.03. The van der Waals surface area contributed by atoms with Gasteiger partial charge < -0.3 is 4.74 Å². The number of benzene rings is 1. The van der Waals surface area contributed by atoms with E-state index in [0.29, 0.717) is 6.61 Å². The molecular weight excluding hydrogens is 259 g/mol. The lowest BCUT2D eigenvalue weighted by Crippen LogP contribution is -2.04. The molecule has 1 aromatic rings. The first-order valence-corrected chi connectivity index (χ1v) is 7.65. The summed E-state index contributed by atoms with van der Waals surface area (Å²) in [6.45, 7) is 3.53. The van der Waals surface area contributed by atoms with Crippen LogP contribution in [0.4, 0.5) is 0 Å². The first-order chi connectivity index (χ1) is 9.26. The Balaban J connectivity index is 2.22. The van der Waals surface area contributed by atoms with Crippen molar-refractivity contribution in [3.63, 3.8) is 0 Å². The summed E-state index contributed by atoms with van der Waals surface area (Å²) in [4.78, 5) is 9.43. The molecule has 0 amide bonds. The van der Waals surface area contributed by atoms with Gasteiger partial charge in [0.15, 0.2) is 0 Å². The van der Waals surface area contributed by atoms with Crippen LogP contribution in [-0.4, -0.2) is 19.9 Å². The van der Waals surface area contributed by atoms with Gasteiger partial charge in [0.1, 0.15) is 12.4 Å². The van der Waals surface area contributed by atoms with E-state index >= 15 is 0 Å². The molecule has 0 heterocycles. The van der Waals surface area contributed by atoms with E-state index in [-0.39, 0.29) is 0 Å². The molecule has 19 heavy (non-hydrogen) atoms. The molecule has 0 aliphatic heterocycles. The van der Waals surface area contributed by atoms with Gasteiger partial charge in [-0.05, 0) is 42.6 Å². The van der Waals surface area contributed by atoms with Crippen molar-refractivity contribution in [3.8, 4) is 5.75 Å². The zero-order valence-electron chi connectivity index (χ0n) is 11.9. The highest BCUT2D eigenvalue weighted by Gasteiger charge is 2.02. The van der Waals surface area contributed by atoms with E-state index in [2.05, 4.69) is 21.1 Å². The van der Waals surface area contributed by atoms with Crippen molar-refractivity contribution < 1.29 is 14.5 Å². The molecule has 2 unspecified atom stereocenters. The average Bonchev–Trinajstić information content (AvgIpc) is 2.44. The number of rotatable bonds is 10. The van der Waals surface area contributed by atoms with Gasteiger partial charge in [-0.2, -0.15) is 0 Å². The highest BCUT2D eigenvalue weighted by atomic mass is 31.0. The van der Waals surface area contributed by atoms with Crippen molar-refractivity contribution in [1.29, 1.82) is 0 Å². The first kappa shape index (κ1) is 16.4. The minimum Gasteiger partial charge on any atom is -0.494 e. The fraction of sp³-hybridized carbons (Fsp3) is 0.600. The highest BCUT2D eigenvalue weighted by Crippen LogP contribution is 2.16. The fourth-order valence-electron chi connectivity index (χ4n) is 1.80. The molecule has 1 aromatic carbocycles. The van der Waals surface area contributed by atoms with Gasteiger partial charge in [0.05, 0.1) is 13.7 Å². The van der Waals surface area contributed by atoms with Crippen LogP contribution in [0.15, 0.2) is 24.3 Å². The lowest BCUT2D eigenvalue weighted by atomic mass is 10.0. The average molecular weight is 284 g/mol. The van der Waals surface area contributed by atoms with Crippen LogP contribution in [0.1, 0.15) is 31.7 Å². The zero-order chi connectivity index (χ0) is 13.9. The predicted molar refractivity (Wildman–Crippen MR) is 81.3 cm³/mol. The van der Waals surface area contributed by atoms with E-state index in [4.69, 9.17) is 9.62 Å². The van der Waals surface area contributed by atoms with Crippen molar-refractivity contribution in [2.24, 2.45) is 5.92 Å². The number of hydrogen-bond acceptors (Lipinski definition) is 3. The highest BCUT2D eigenvalue weighted by molar-refractivity contribution is 7.16. The molecule has 0 fully saturated rings. The third kappa shape index (κ3) is 7.51. The summed E-state index contributed by atoms with van der Waals surface area (Å²) in [5.41, 5.74) is 1.07. The molecule has 4 heteroatoms. The second kappa shape index (κ2) is 10.2. The van der Waals surface area contributed by atoms with Gasteiger partial charge in [-0.1, -0.05) is 25.5 Å². The Hall–Kier alpha value is -0.630. The summed E-state index contributed by atoms with van der Waals surface area (Å²) in [7, 11) is 4.29. The van der Waals surface area contributed by atoms with Gasteiger partial charge in [0.25, 0.3) is 0 Å². The maximum Gasteiger partial charge on any atom is 0.119 e. The molecule has 3 nitrogen and oxygen atoms in total. The molecule has 0 bridgehead atoms. The Kier molecular flexibility index (Phi) is 8.81. The topological polar surface area (TPSA) is 27.7 Å². The van der Waals surface area contributed by atoms with Gasteiger partial charge in [-0.3, -0.25) is 0 Å². The molecule has 0 aliphatic carbocycles. The van der Waals surface area contributed by atoms with Gasteiger partial charge >= 0.3 is 0 Å². The normalized spacial score (nSPS) is 12.4. The zero-order valence-corrected chi connectivity index (χ0v) is 13.1. The SMILES string of the molecule is COOCc1ccc(OCCC(C)CCCP)cc1. The van der Waals surface area contributed by atoms with Crippen LogP contribution >= 0.6 is 9.24 Å². The largest absolute Gasteiger partial charge is 0.494 e. The van der Waals surface area contributed by atoms with Crippen LogP contribution in [0.3, 0.4) is 0 Å². The van der Waals surface area contributed by atoms with E-state index in [9.17, 15) is 0 Å². The van der Waals surface area contributed by atoms with Crippen molar-refractivity contribution in [3.05, 3.63) is 29.8 Å². The molecule has 0 saturated carbocycles. The quantitative estimate of drug-likeness (QED) is 0.371. The summed E-state index contributed by atoms with van der Waals surface area (Å²) in [6, 6.07) is 7.93. The van der Waals surface area contributed by atoms with Crippen LogP contribution in [-0.2, 0) is 16.4 Å². The lowest BCUT2D eigenvalue weighted by molar-refractivity contribution is -0.282. The van der Waals surface area contributed by atoms with Crippen molar-refractivity contribution in [2.75, 3.05) is 19.9 Å². The first-order valence-electron chi connectivity index (χ1n) is 6.83. The van der Waals surface area contributed by atoms with Crippen molar-refractivity contribution >= 4 is 9.24 Å². The molecular formula is C15H25O3P. The maximum atomic E-state index is 5.74. The third-order valence-corrected chi connectivity index (χ3v) is 3.46. The Morgan fingerprint density at radius 2 is 1.89 bits per heavy atom. The lowest BCUT2D eigenvalue weighted by Gasteiger charge is -2.12. The molecule has 2 atom stereocenters. The summed E-state index contributed by atoms with van der Waals surface area (Å²) in [6.07, 6.45) is 4.86. The van der Waals surface area contributed by atoms with Gasteiger partial charge in [-0.15, -0.1) is 9.24 Å². The molecule has 0 saturated heterocycles. The van der Waals surface area contributed by atoms with Crippen molar-refractivity contribution in [1.82, 2.24) is 0 Å². The number of hydrogen-bond donors (Lipinski definition) is 0. The molecule has 0 aliphatic rings. The van der Waals surface area contributed by atoms with Crippen LogP contribution in [0.5, 0.6) is 5.75 Å². The second-order valence-corrected chi connectivity index (χ2v) is 5.32. The minimum atomic E-state index is 0.461. The Morgan fingerprint density at radius 1 is 1.16 bits per heavy atom. The van der Waals surface area contributed by atoms with Gasteiger partial charge in [-0.25, -0.2) is 9.78 Å². The Bertz CT molecular complexity index is 327.